The fourth-order valence-corrected chi connectivity index (χ4v) is 3.98. The van der Waals surface area contributed by atoms with Crippen LogP contribution in [0.3, 0.4) is 0 Å². The van der Waals surface area contributed by atoms with Crippen LogP contribution in [0, 0.1) is 0 Å². The fourth-order valence-electron chi connectivity index (χ4n) is 2.69. The van der Waals surface area contributed by atoms with E-state index >= 15 is 0 Å². The Kier molecular flexibility index (Phi) is 5.57. The minimum atomic E-state index is -1.30. The topological polar surface area (TPSA) is 96.3 Å². The van der Waals surface area contributed by atoms with Crippen LogP contribution in [0.5, 0.6) is 17.2 Å². The van der Waals surface area contributed by atoms with Crippen molar-refractivity contribution in [3.8, 4) is 17.2 Å². The Morgan fingerprint density at radius 3 is 2.61 bits per heavy atom. The number of carboxylic acids is 1. The molecule has 1 fully saturated rings. The quantitative estimate of drug-likeness (QED) is 0.564. The lowest BCUT2D eigenvalue weighted by molar-refractivity contribution is -0.113. The predicted molar refractivity (Wildman–Crippen MR) is 110 cm³/mol. The number of carboxylic acid groups (broad SMARTS) is 1. The van der Waals surface area contributed by atoms with E-state index in [9.17, 15) is 19.8 Å². The number of thioether (sulfide) groups is 1. The maximum absolute atomic E-state index is 12.9. The van der Waals surface area contributed by atoms with E-state index in [1.54, 1.807) is 24.3 Å². The van der Waals surface area contributed by atoms with Gasteiger partial charge in [-0.25, -0.2) is 4.79 Å². The largest absolute Gasteiger partial charge is 0.507 e. The standard InChI is InChI=1S/C19H15NO6S2/c1-25-14-5-3-4-10(16(14)26-2)8-15-17(22)20(19(27)28-15)11-6-7-13(21)12(9-11)18(23)24/h3-9,21H,1-2H3,(H,23,24). The van der Waals surface area contributed by atoms with Gasteiger partial charge in [-0.15, -0.1) is 0 Å². The lowest BCUT2D eigenvalue weighted by Gasteiger charge is -2.15. The average Bonchev–Trinajstić information content (AvgIpc) is 2.95. The van der Waals surface area contributed by atoms with Crippen molar-refractivity contribution in [3.63, 3.8) is 0 Å². The smallest absolute Gasteiger partial charge is 0.339 e. The number of anilines is 1. The van der Waals surface area contributed by atoms with Crippen LogP contribution in [0.2, 0.25) is 0 Å². The third-order valence-corrected chi connectivity index (χ3v) is 5.28. The molecule has 0 aliphatic carbocycles. The second-order valence-electron chi connectivity index (χ2n) is 5.61. The molecule has 1 amide bonds. The lowest BCUT2D eigenvalue weighted by atomic mass is 10.1. The van der Waals surface area contributed by atoms with Crippen LogP contribution in [0.4, 0.5) is 5.69 Å². The number of rotatable bonds is 5. The number of carbonyl (C=O) groups is 2. The molecule has 2 aromatic rings. The molecule has 0 radical (unpaired) electrons. The molecule has 0 atom stereocenters. The number of thiocarbonyl (C=S) groups is 1. The molecule has 28 heavy (non-hydrogen) atoms. The number of methoxy groups -OCH3 is 2. The number of amides is 1. The first kappa shape index (κ1) is 19.7. The number of aromatic hydroxyl groups is 1. The van der Waals surface area contributed by atoms with E-state index in [1.165, 1.54) is 37.3 Å². The monoisotopic (exact) mass is 417 g/mol. The maximum atomic E-state index is 12.9. The van der Waals surface area contributed by atoms with Crippen LogP contribution in [0.15, 0.2) is 41.3 Å². The molecule has 0 saturated carbocycles. The fraction of sp³-hybridized carbons (Fsp3) is 0.105. The molecule has 2 N–H and O–H groups in total. The number of hydrogen-bond donors (Lipinski definition) is 2. The number of aromatic carboxylic acids is 1. The van der Waals surface area contributed by atoms with Gasteiger partial charge in [-0.05, 0) is 30.3 Å². The molecule has 0 aromatic heterocycles. The van der Waals surface area contributed by atoms with Crippen LogP contribution in [-0.4, -0.2) is 40.6 Å². The van der Waals surface area contributed by atoms with Gasteiger partial charge in [0.1, 0.15) is 11.3 Å². The summed E-state index contributed by atoms with van der Waals surface area (Å²) in [6, 6.07) is 9.14. The van der Waals surface area contributed by atoms with Crippen molar-refractivity contribution in [1.29, 1.82) is 0 Å². The minimum absolute atomic E-state index is 0.250. The zero-order valence-electron chi connectivity index (χ0n) is 14.8. The summed E-state index contributed by atoms with van der Waals surface area (Å²) in [7, 11) is 3.02. The van der Waals surface area contributed by atoms with Crippen molar-refractivity contribution < 1.29 is 29.3 Å². The SMILES string of the molecule is COc1cccc(C=C2SC(=S)N(c3ccc(O)c(C(=O)O)c3)C2=O)c1OC. The Morgan fingerprint density at radius 2 is 1.96 bits per heavy atom. The van der Waals surface area contributed by atoms with Crippen LogP contribution in [0.25, 0.3) is 6.08 Å². The second kappa shape index (κ2) is 7.91. The predicted octanol–water partition coefficient (Wildman–Crippen LogP) is 3.51. The molecular formula is C19H15NO6S2. The minimum Gasteiger partial charge on any atom is -0.507 e. The van der Waals surface area contributed by atoms with E-state index in [2.05, 4.69) is 0 Å². The van der Waals surface area contributed by atoms with E-state index in [-0.39, 0.29) is 15.6 Å². The van der Waals surface area contributed by atoms with E-state index in [0.29, 0.717) is 22.0 Å². The molecule has 3 rings (SSSR count). The Morgan fingerprint density at radius 1 is 1.21 bits per heavy atom. The van der Waals surface area contributed by atoms with Gasteiger partial charge in [0, 0.05) is 5.56 Å². The molecule has 0 spiro atoms. The van der Waals surface area contributed by atoms with Crippen LogP contribution < -0.4 is 14.4 Å². The van der Waals surface area contributed by atoms with Gasteiger partial charge in [0.2, 0.25) is 0 Å². The molecule has 1 heterocycles. The van der Waals surface area contributed by atoms with Crippen molar-refractivity contribution in [3.05, 3.63) is 52.4 Å². The number of para-hydroxylation sites is 1. The number of phenols is 1. The molecule has 0 bridgehead atoms. The zero-order valence-corrected chi connectivity index (χ0v) is 16.5. The number of benzene rings is 2. The highest BCUT2D eigenvalue weighted by molar-refractivity contribution is 8.27. The Balaban J connectivity index is 2.00. The van der Waals surface area contributed by atoms with E-state index in [1.807, 2.05) is 0 Å². The Labute approximate surface area is 170 Å². The maximum Gasteiger partial charge on any atom is 0.339 e. The van der Waals surface area contributed by atoms with Gasteiger partial charge in [-0.2, -0.15) is 0 Å². The molecule has 1 saturated heterocycles. The number of hydrogen-bond acceptors (Lipinski definition) is 7. The summed E-state index contributed by atoms with van der Waals surface area (Å²) in [5, 5.41) is 18.9. The van der Waals surface area contributed by atoms with E-state index < -0.39 is 17.6 Å². The lowest BCUT2D eigenvalue weighted by Crippen LogP contribution is -2.27. The second-order valence-corrected chi connectivity index (χ2v) is 7.28. The summed E-state index contributed by atoms with van der Waals surface area (Å²) < 4.78 is 10.9. The molecule has 7 nitrogen and oxygen atoms in total. The van der Waals surface area contributed by atoms with Crippen molar-refractivity contribution in [2.45, 2.75) is 0 Å². The first-order valence-electron chi connectivity index (χ1n) is 7.92. The summed E-state index contributed by atoms with van der Waals surface area (Å²) in [6.45, 7) is 0. The first-order valence-corrected chi connectivity index (χ1v) is 9.15. The molecule has 9 heteroatoms. The summed E-state index contributed by atoms with van der Waals surface area (Å²) in [4.78, 5) is 25.7. The van der Waals surface area contributed by atoms with Crippen molar-refractivity contribution in [2.24, 2.45) is 0 Å². The average molecular weight is 417 g/mol. The molecule has 2 aromatic carbocycles. The van der Waals surface area contributed by atoms with Crippen LogP contribution in [0.1, 0.15) is 15.9 Å². The van der Waals surface area contributed by atoms with Gasteiger partial charge in [-0.1, -0.05) is 36.1 Å². The highest BCUT2D eigenvalue weighted by Crippen LogP contribution is 2.39. The molecule has 1 aliphatic heterocycles. The van der Waals surface area contributed by atoms with Crippen LogP contribution in [-0.2, 0) is 4.79 Å². The highest BCUT2D eigenvalue weighted by Gasteiger charge is 2.34. The molecule has 144 valence electrons. The van der Waals surface area contributed by atoms with E-state index in [0.717, 1.165) is 11.8 Å². The van der Waals surface area contributed by atoms with Crippen molar-refractivity contribution >= 4 is 51.9 Å². The third kappa shape index (κ3) is 3.54. The van der Waals surface area contributed by atoms with Gasteiger partial charge in [0.25, 0.3) is 5.91 Å². The number of carbonyl (C=O) groups excluding carboxylic acids is 1. The number of nitrogens with zero attached hydrogens (tertiary/aromatic N) is 1. The molecule has 0 unspecified atom stereocenters. The summed E-state index contributed by atoms with van der Waals surface area (Å²) >= 11 is 6.39. The molecular weight excluding hydrogens is 402 g/mol. The first-order chi connectivity index (χ1) is 13.4. The molecule has 1 aliphatic rings. The van der Waals surface area contributed by atoms with Gasteiger partial charge in [0.05, 0.1) is 24.8 Å². The number of ether oxygens (including phenoxy) is 2. The Bertz CT molecular complexity index is 1020. The van der Waals surface area contributed by atoms with Crippen molar-refractivity contribution in [1.82, 2.24) is 0 Å². The van der Waals surface area contributed by atoms with Gasteiger partial charge < -0.3 is 19.7 Å². The van der Waals surface area contributed by atoms with Gasteiger partial charge in [0.15, 0.2) is 15.8 Å². The Hall–Kier alpha value is -3.04. The van der Waals surface area contributed by atoms with E-state index in [4.69, 9.17) is 21.7 Å². The third-order valence-electron chi connectivity index (χ3n) is 3.98. The summed E-state index contributed by atoms with van der Waals surface area (Å²) in [5.74, 6) is -1.09. The highest BCUT2D eigenvalue weighted by atomic mass is 32.2. The normalized spacial score (nSPS) is 15.2. The summed E-state index contributed by atoms with van der Waals surface area (Å²) in [5.41, 5.74) is 0.586. The van der Waals surface area contributed by atoms with Gasteiger partial charge >= 0.3 is 5.97 Å². The van der Waals surface area contributed by atoms with Crippen molar-refractivity contribution in [2.75, 3.05) is 19.1 Å². The van der Waals surface area contributed by atoms with Gasteiger partial charge in [-0.3, -0.25) is 9.69 Å². The summed E-state index contributed by atoms with van der Waals surface area (Å²) in [6.07, 6.45) is 1.64. The van der Waals surface area contributed by atoms with Crippen LogP contribution >= 0.6 is 24.0 Å². The zero-order chi connectivity index (χ0) is 20.4.